The molecule has 0 aromatic rings. The van der Waals surface area contributed by atoms with Crippen LogP contribution in [-0.4, -0.2) is 30.4 Å². The third kappa shape index (κ3) is 1.04. The van der Waals surface area contributed by atoms with Crippen molar-refractivity contribution in [2.24, 2.45) is 0 Å². The number of rotatable bonds is 1. The van der Waals surface area contributed by atoms with Crippen molar-refractivity contribution in [3.63, 3.8) is 0 Å². The molecule has 0 radical (unpaired) electrons. The Bertz CT molecular complexity index is 281. The molecule has 0 aromatic heterocycles. The largest absolute Gasteiger partial charge is 0.380 e. The van der Waals surface area contributed by atoms with Gasteiger partial charge in [0.2, 0.25) is 0 Å². The lowest BCUT2D eigenvalue weighted by molar-refractivity contribution is -0.140. The smallest absolute Gasteiger partial charge is 0.291 e. The average molecular weight is 181 g/mol. The normalized spacial score (nSPS) is 22.1. The maximum atomic E-state index is 11.5. The molecule has 0 fully saturated rings. The lowest BCUT2D eigenvalue weighted by Crippen LogP contribution is -2.42. The zero-order valence-corrected chi connectivity index (χ0v) is 7.39. The molecule has 5 heteroatoms. The number of hydrazine groups is 1. The van der Waals surface area contributed by atoms with Crippen molar-refractivity contribution >= 4 is 11.8 Å². The molecule has 0 atom stereocenters. The highest BCUT2D eigenvalue weighted by Gasteiger charge is 2.38. The standard InChI is InChI=1S/C8H11N3O2/c1-9-11-7(12)5-3-2-4-10-6(5)8(11)13/h9-10H,2-4H2,1H3. The van der Waals surface area contributed by atoms with Gasteiger partial charge in [-0.05, 0) is 12.8 Å². The minimum Gasteiger partial charge on any atom is -0.380 e. The lowest BCUT2D eigenvalue weighted by Gasteiger charge is -2.12. The number of hydrogen-bond donors (Lipinski definition) is 2. The molecule has 2 N–H and O–H groups in total. The van der Waals surface area contributed by atoms with Crippen LogP contribution >= 0.6 is 0 Å². The van der Waals surface area contributed by atoms with Gasteiger partial charge in [-0.15, -0.1) is 0 Å². The Hall–Kier alpha value is -1.36. The Morgan fingerprint density at radius 2 is 2.15 bits per heavy atom. The molecule has 5 nitrogen and oxygen atoms in total. The first-order valence-electron chi connectivity index (χ1n) is 4.29. The molecule has 0 aliphatic carbocycles. The highest BCUT2D eigenvalue weighted by atomic mass is 16.2. The first-order chi connectivity index (χ1) is 6.25. The van der Waals surface area contributed by atoms with E-state index in [9.17, 15) is 9.59 Å². The van der Waals surface area contributed by atoms with Crippen LogP contribution in [-0.2, 0) is 9.59 Å². The molecule has 2 amide bonds. The van der Waals surface area contributed by atoms with Crippen molar-refractivity contribution in [1.29, 1.82) is 0 Å². The summed E-state index contributed by atoms with van der Waals surface area (Å²) in [4.78, 5) is 23.0. The van der Waals surface area contributed by atoms with E-state index in [1.54, 1.807) is 7.05 Å². The molecule has 0 aromatic carbocycles. The SMILES string of the molecule is CNN1C(=O)C2=C(NCCC2)C1=O. The van der Waals surface area contributed by atoms with Gasteiger partial charge in [0, 0.05) is 19.2 Å². The van der Waals surface area contributed by atoms with E-state index in [0.717, 1.165) is 18.0 Å². The van der Waals surface area contributed by atoms with Gasteiger partial charge in [0.15, 0.2) is 0 Å². The minimum absolute atomic E-state index is 0.213. The fourth-order valence-electron chi connectivity index (χ4n) is 1.67. The molecule has 2 rings (SSSR count). The van der Waals surface area contributed by atoms with Gasteiger partial charge in [-0.2, -0.15) is 0 Å². The van der Waals surface area contributed by atoms with E-state index < -0.39 is 0 Å². The molecule has 2 aliphatic heterocycles. The van der Waals surface area contributed by atoms with E-state index >= 15 is 0 Å². The summed E-state index contributed by atoms with van der Waals surface area (Å²) in [6.45, 7) is 0.773. The number of carbonyl (C=O) groups excluding carboxylic acids is 2. The number of hydrogen-bond acceptors (Lipinski definition) is 4. The maximum Gasteiger partial charge on any atom is 0.291 e. The summed E-state index contributed by atoms with van der Waals surface area (Å²) in [6.07, 6.45) is 1.61. The fraction of sp³-hybridized carbons (Fsp3) is 0.500. The summed E-state index contributed by atoms with van der Waals surface area (Å²) in [5.74, 6) is -0.475. The van der Waals surface area contributed by atoms with Crippen molar-refractivity contribution < 1.29 is 9.59 Å². The Morgan fingerprint density at radius 1 is 1.38 bits per heavy atom. The summed E-state index contributed by atoms with van der Waals surface area (Å²) in [5, 5.41) is 4.00. The van der Waals surface area contributed by atoms with Crippen LogP contribution < -0.4 is 10.7 Å². The average Bonchev–Trinajstić information content (AvgIpc) is 2.41. The molecule has 13 heavy (non-hydrogen) atoms. The Labute approximate surface area is 75.7 Å². The van der Waals surface area contributed by atoms with Gasteiger partial charge in [0.1, 0.15) is 5.70 Å². The van der Waals surface area contributed by atoms with E-state index in [1.807, 2.05) is 0 Å². The van der Waals surface area contributed by atoms with E-state index in [0.29, 0.717) is 17.7 Å². The van der Waals surface area contributed by atoms with Crippen molar-refractivity contribution in [2.75, 3.05) is 13.6 Å². The summed E-state index contributed by atoms with van der Waals surface area (Å²) < 4.78 is 0. The predicted octanol–water partition coefficient (Wildman–Crippen LogP) is -0.873. The Balaban J connectivity index is 2.35. The molecule has 0 saturated heterocycles. The third-order valence-corrected chi connectivity index (χ3v) is 2.31. The highest BCUT2D eigenvalue weighted by Crippen LogP contribution is 2.23. The van der Waals surface area contributed by atoms with Crippen LogP contribution in [0.4, 0.5) is 0 Å². The third-order valence-electron chi connectivity index (χ3n) is 2.31. The lowest BCUT2D eigenvalue weighted by atomic mass is 10.1. The molecule has 0 unspecified atom stereocenters. The van der Waals surface area contributed by atoms with Crippen molar-refractivity contribution in [1.82, 2.24) is 15.8 Å². The second-order valence-electron chi connectivity index (χ2n) is 3.05. The molecular formula is C8H11N3O2. The number of imide groups is 1. The van der Waals surface area contributed by atoms with E-state index in [1.165, 1.54) is 0 Å². The molecule has 0 saturated carbocycles. The van der Waals surface area contributed by atoms with Crippen molar-refractivity contribution in [2.45, 2.75) is 12.8 Å². The van der Waals surface area contributed by atoms with Crippen LogP contribution in [0.3, 0.4) is 0 Å². The molecular weight excluding hydrogens is 170 g/mol. The van der Waals surface area contributed by atoms with Crippen LogP contribution in [0, 0.1) is 0 Å². The topological polar surface area (TPSA) is 61.4 Å². The zero-order chi connectivity index (χ0) is 9.42. The summed E-state index contributed by atoms with van der Waals surface area (Å²) >= 11 is 0. The van der Waals surface area contributed by atoms with Gasteiger partial charge < -0.3 is 5.32 Å². The molecule has 0 spiro atoms. The quantitative estimate of drug-likeness (QED) is 0.516. The van der Waals surface area contributed by atoms with Crippen molar-refractivity contribution in [3.8, 4) is 0 Å². The van der Waals surface area contributed by atoms with Gasteiger partial charge >= 0.3 is 0 Å². The van der Waals surface area contributed by atoms with Crippen LogP contribution in [0.15, 0.2) is 11.3 Å². The summed E-state index contributed by atoms with van der Waals surface area (Å²) in [6, 6.07) is 0. The van der Waals surface area contributed by atoms with Gasteiger partial charge in [0.05, 0.1) is 0 Å². The van der Waals surface area contributed by atoms with Gasteiger partial charge in [-0.3, -0.25) is 9.59 Å². The van der Waals surface area contributed by atoms with Crippen LogP contribution in [0.5, 0.6) is 0 Å². The molecule has 2 aliphatic rings. The van der Waals surface area contributed by atoms with E-state index in [-0.39, 0.29) is 11.8 Å². The zero-order valence-electron chi connectivity index (χ0n) is 7.39. The highest BCUT2D eigenvalue weighted by molar-refractivity contribution is 6.18. The monoisotopic (exact) mass is 181 g/mol. The first-order valence-corrected chi connectivity index (χ1v) is 4.29. The van der Waals surface area contributed by atoms with Crippen LogP contribution in [0.25, 0.3) is 0 Å². The van der Waals surface area contributed by atoms with Crippen LogP contribution in [0.2, 0.25) is 0 Å². The van der Waals surface area contributed by atoms with Crippen LogP contribution in [0.1, 0.15) is 12.8 Å². The summed E-state index contributed by atoms with van der Waals surface area (Å²) in [5.41, 5.74) is 3.67. The second kappa shape index (κ2) is 2.85. The first kappa shape index (κ1) is 8.25. The number of carbonyl (C=O) groups is 2. The minimum atomic E-state index is -0.262. The Morgan fingerprint density at radius 3 is 2.77 bits per heavy atom. The van der Waals surface area contributed by atoms with Gasteiger partial charge in [0.25, 0.3) is 11.8 Å². The van der Waals surface area contributed by atoms with Crippen molar-refractivity contribution in [3.05, 3.63) is 11.3 Å². The second-order valence-corrected chi connectivity index (χ2v) is 3.05. The predicted molar refractivity (Wildman–Crippen MR) is 45.2 cm³/mol. The Kier molecular flexibility index (Phi) is 1.81. The molecule has 2 heterocycles. The summed E-state index contributed by atoms with van der Waals surface area (Å²) in [7, 11) is 1.56. The molecule has 0 bridgehead atoms. The van der Waals surface area contributed by atoms with E-state index in [4.69, 9.17) is 0 Å². The van der Waals surface area contributed by atoms with Gasteiger partial charge in [-0.1, -0.05) is 0 Å². The van der Waals surface area contributed by atoms with E-state index in [2.05, 4.69) is 10.7 Å². The number of nitrogens with zero attached hydrogens (tertiary/aromatic N) is 1. The number of nitrogens with one attached hydrogen (secondary N) is 2. The maximum absolute atomic E-state index is 11.5. The fourth-order valence-corrected chi connectivity index (χ4v) is 1.67. The molecule has 70 valence electrons. The van der Waals surface area contributed by atoms with Gasteiger partial charge in [-0.25, -0.2) is 10.4 Å². The number of amides is 2.